The maximum Gasteiger partial charge on any atom is 0.313 e. The molecule has 1 rings (SSSR count). The van der Waals surface area contributed by atoms with Crippen molar-refractivity contribution in [2.24, 2.45) is 17.8 Å². The highest BCUT2D eigenvalue weighted by Crippen LogP contribution is 2.33. The van der Waals surface area contributed by atoms with E-state index in [0.29, 0.717) is 12.3 Å². The average molecular weight is 256 g/mol. The van der Waals surface area contributed by atoms with Crippen molar-refractivity contribution in [3.63, 3.8) is 0 Å². The largest absolute Gasteiger partial charge is 0.461 e. The summed E-state index contributed by atoms with van der Waals surface area (Å²) in [5.74, 6) is -0.580. The van der Waals surface area contributed by atoms with Crippen LogP contribution in [0.5, 0.6) is 0 Å². The van der Waals surface area contributed by atoms with E-state index in [9.17, 15) is 9.59 Å². The number of esters is 2. The molecule has 0 unspecified atom stereocenters. The van der Waals surface area contributed by atoms with Gasteiger partial charge in [-0.1, -0.05) is 20.8 Å². The van der Waals surface area contributed by atoms with Crippen molar-refractivity contribution in [2.45, 2.75) is 59.7 Å². The van der Waals surface area contributed by atoms with Crippen LogP contribution in [0.25, 0.3) is 0 Å². The van der Waals surface area contributed by atoms with Crippen LogP contribution in [0.4, 0.5) is 0 Å². The molecular weight excluding hydrogens is 232 g/mol. The van der Waals surface area contributed by atoms with Crippen molar-refractivity contribution in [1.29, 1.82) is 0 Å². The summed E-state index contributed by atoms with van der Waals surface area (Å²) < 4.78 is 10.4. The monoisotopic (exact) mass is 256 g/mol. The van der Waals surface area contributed by atoms with Gasteiger partial charge in [-0.2, -0.15) is 0 Å². The van der Waals surface area contributed by atoms with Crippen LogP contribution in [0.1, 0.15) is 48.0 Å². The van der Waals surface area contributed by atoms with Gasteiger partial charge in [0.25, 0.3) is 0 Å². The number of cyclic esters (lactones) is 1. The Labute approximate surface area is 109 Å². The Balaban J connectivity index is 2.51. The van der Waals surface area contributed by atoms with Gasteiger partial charge in [-0.05, 0) is 33.1 Å². The van der Waals surface area contributed by atoms with E-state index in [-0.39, 0.29) is 29.9 Å². The van der Waals surface area contributed by atoms with Crippen LogP contribution in [-0.2, 0) is 19.1 Å². The van der Waals surface area contributed by atoms with Crippen molar-refractivity contribution in [1.82, 2.24) is 0 Å². The second kappa shape index (κ2) is 5.29. The molecule has 4 heteroatoms. The van der Waals surface area contributed by atoms with Crippen LogP contribution in [-0.4, -0.2) is 23.6 Å². The third kappa shape index (κ3) is 3.72. The first-order chi connectivity index (χ1) is 8.11. The lowest BCUT2D eigenvalue weighted by Gasteiger charge is -2.38. The smallest absolute Gasteiger partial charge is 0.313 e. The molecule has 1 saturated heterocycles. The minimum absolute atomic E-state index is 0.0533. The van der Waals surface area contributed by atoms with Gasteiger partial charge in [-0.25, -0.2) is 0 Å². The molecule has 18 heavy (non-hydrogen) atoms. The fourth-order valence-corrected chi connectivity index (χ4v) is 2.08. The molecule has 4 nitrogen and oxygen atoms in total. The van der Waals surface area contributed by atoms with Crippen molar-refractivity contribution >= 4 is 11.9 Å². The van der Waals surface area contributed by atoms with Crippen molar-refractivity contribution in [3.05, 3.63) is 0 Å². The van der Waals surface area contributed by atoms with E-state index in [0.717, 1.165) is 0 Å². The summed E-state index contributed by atoms with van der Waals surface area (Å²) in [4.78, 5) is 23.3. The molecule has 1 aliphatic rings. The van der Waals surface area contributed by atoms with Crippen LogP contribution < -0.4 is 0 Å². The highest BCUT2D eigenvalue weighted by Gasteiger charge is 2.45. The lowest BCUT2D eigenvalue weighted by atomic mass is 9.82. The lowest BCUT2D eigenvalue weighted by molar-refractivity contribution is -0.193. The van der Waals surface area contributed by atoms with Gasteiger partial charge >= 0.3 is 11.9 Å². The molecule has 0 aromatic rings. The van der Waals surface area contributed by atoms with E-state index in [1.54, 1.807) is 6.92 Å². The first-order valence-corrected chi connectivity index (χ1v) is 6.55. The topological polar surface area (TPSA) is 52.6 Å². The van der Waals surface area contributed by atoms with Crippen LogP contribution in [0.3, 0.4) is 0 Å². The molecule has 0 spiro atoms. The Kier molecular flexibility index (Phi) is 4.41. The Morgan fingerprint density at radius 1 is 1.33 bits per heavy atom. The predicted octanol–water partition coefficient (Wildman–Crippen LogP) is 2.55. The zero-order valence-electron chi connectivity index (χ0n) is 12.1. The zero-order valence-corrected chi connectivity index (χ0v) is 12.1. The lowest BCUT2D eigenvalue weighted by Crippen LogP contribution is -2.49. The van der Waals surface area contributed by atoms with Crippen LogP contribution in [0, 0.1) is 17.8 Å². The Bertz CT molecular complexity index is 327. The van der Waals surface area contributed by atoms with Gasteiger partial charge in [0, 0.05) is 0 Å². The highest BCUT2D eigenvalue weighted by molar-refractivity contribution is 5.80. The van der Waals surface area contributed by atoms with E-state index in [1.165, 1.54) is 0 Å². The second-order valence-electron chi connectivity index (χ2n) is 6.42. The van der Waals surface area contributed by atoms with E-state index >= 15 is 0 Å². The number of carbonyl (C=O) groups is 2. The van der Waals surface area contributed by atoms with Crippen molar-refractivity contribution in [2.75, 3.05) is 0 Å². The summed E-state index contributed by atoms with van der Waals surface area (Å²) in [7, 11) is 0. The Hall–Kier alpha value is -1.06. The first kappa shape index (κ1) is 15.0. The molecule has 0 aromatic carbocycles. The van der Waals surface area contributed by atoms with Gasteiger partial charge in [0.1, 0.15) is 11.7 Å². The van der Waals surface area contributed by atoms with Gasteiger partial charge in [0.15, 0.2) is 0 Å². The SMILES string of the molecule is CC(C)[C@H]1OC(=O)[C@@H]1C[C@@H](C)C(=O)OC(C)(C)C. The molecule has 104 valence electrons. The minimum Gasteiger partial charge on any atom is -0.461 e. The molecule has 1 aliphatic heterocycles. The van der Waals surface area contributed by atoms with Gasteiger partial charge < -0.3 is 9.47 Å². The molecule has 1 heterocycles. The highest BCUT2D eigenvalue weighted by atomic mass is 16.6. The third-order valence-corrected chi connectivity index (χ3v) is 3.03. The molecule has 0 radical (unpaired) electrons. The van der Waals surface area contributed by atoms with E-state index in [4.69, 9.17) is 9.47 Å². The minimum atomic E-state index is -0.483. The summed E-state index contributed by atoms with van der Waals surface area (Å²) in [6, 6.07) is 0. The molecule has 1 fully saturated rings. The van der Waals surface area contributed by atoms with Gasteiger partial charge in [0.05, 0.1) is 11.8 Å². The van der Waals surface area contributed by atoms with Gasteiger partial charge in [0.2, 0.25) is 0 Å². The molecule has 0 saturated carbocycles. The van der Waals surface area contributed by atoms with Gasteiger partial charge in [-0.15, -0.1) is 0 Å². The van der Waals surface area contributed by atoms with Crippen LogP contribution in [0.15, 0.2) is 0 Å². The standard InChI is InChI=1S/C14H24O4/c1-8(2)11-10(13(16)17-11)7-9(3)12(15)18-14(4,5)6/h8-11H,7H2,1-6H3/t9-,10-,11-/m1/s1. The summed E-state index contributed by atoms with van der Waals surface area (Å²) >= 11 is 0. The maximum absolute atomic E-state index is 11.8. The van der Waals surface area contributed by atoms with E-state index in [2.05, 4.69) is 0 Å². The van der Waals surface area contributed by atoms with E-state index < -0.39 is 5.60 Å². The summed E-state index contributed by atoms with van der Waals surface area (Å²) in [5, 5.41) is 0. The third-order valence-electron chi connectivity index (χ3n) is 3.03. The molecule has 0 aromatic heterocycles. The Morgan fingerprint density at radius 2 is 1.89 bits per heavy atom. The molecule has 0 bridgehead atoms. The maximum atomic E-state index is 11.8. The number of carbonyl (C=O) groups excluding carboxylic acids is 2. The average Bonchev–Trinajstić information content (AvgIpc) is 2.19. The van der Waals surface area contributed by atoms with Crippen LogP contribution >= 0.6 is 0 Å². The summed E-state index contributed by atoms with van der Waals surface area (Å²) in [6.07, 6.45) is 0.457. The number of ether oxygens (including phenoxy) is 2. The normalized spacial score (nSPS) is 25.4. The second-order valence-corrected chi connectivity index (χ2v) is 6.42. The number of rotatable bonds is 4. The fourth-order valence-electron chi connectivity index (χ4n) is 2.08. The van der Waals surface area contributed by atoms with Crippen molar-refractivity contribution in [3.8, 4) is 0 Å². The van der Waals surface area contributed by atoms with E-state index in [1.807, 2.05) is 34.6 Å². The molecular formula is C14H24O4. The predicted molar refractivity (Wildman–Crippen MR) is 67.8 cm³/mol. The molecule has 0 N–H and O–H groups in total. The summed E-state index contributed by atoms with van der Waals surface area (Å²) in [5.41, 5.74) is -0.483. The number of hydrogen-bond acceptors (Lipinski definition) is 4. The quantitative estimate of drug-likeness (QED) is 0.725. The zero-order chi connectivity index (χ0) is 14.1. The summed E-state index contributed by atoms with van der Waals surface area (Å²) in [6.45, 7) is 11.4. The van der Waals surface area contributed by atoms with Gasteiger partial charge in [-0.3, -0.25) is 9.59 Å². The van der Waals surface area contributed by atoms with Crippen LogP contribution in [0.2, 0.25) is 0 Å². The number of hydrogen-bond donors (Lipinski definition) is 0. The molecule has 3 atom stereocenters. The fraction of sp³-hybridized carbons (Fsp3) is 0.857. The van der Waals surface area contributed by atoms with Crippen molar-refractivity contribution < 1.29 is 19.1 Å². The first-order valence-electron chi connectivity index (χ1n) is 6.55. The Morgan fingerprint density at radius 3 is 2.28 bits per heavy atom. The molecule has 0 amide bonds. The molecule has 0 aliphatic carbocycles.